The summed E-state index contributed by atoms with van der Waals surface area (Å²) in [6, 6.07) is 5.20. The van der Waals surface area contributed by atoms with Crippen molar-refractivity contribution in [2.45, 2.75) is 38.6 Å². The fourth-order valence-electron chi connectivity index (χ4n) is 3.29. The number of hydrogen-bond donors (Lipinski definition) is 0. The zero-order valence-corrected chi connectivity index (χ0v) is 17.7. The van der Waals surface area contributed by atoms with Crippen LogP contribution in [0.4, 0.5) is 0 Å². The molecule has 10 heteroatoms. The second-order valence-corrected chi connectivity index (χ2v) is 9.54. The lowest BCUT2D eigenvalue weighted by Gasteiger charge is -2.28. The molecule has 0 aliphatic carbocycles. The molecule has 1 aliphatic heterocycles. The third kappa shape index (κ3) is 6.52. The first-order chi connectivity index (χ1) is 13.9. The van der Waals surface area contributed by atoms with E-state index in [2.05, 4.69) is 10.1 Å². The lowest BCUT2D eigenvalue weighted by atomic mass is 10.2. The topological polar surface area (TPSA) is 96.6 Å². The molecule has 1 saturated heterocycles. The zero-order chi connectivity index (χ0) is 20.7. The number of aryl methyl sites for hydroxylation is 1. The number of rotatable bonds is 9. The Morgan fingerprint density at radius 2 is 1.93 bits per heavy atom. The Bertz CT molecular complexity index is 898. The van der Waals surface area contributed by atoms with Crippen LogP contribution >= 0.6 is 11.6 Å². The molecule has 29 heavy (non-hydrogen) atoms. The largest absolute Gasteiger partial charge is 0.360 e. The molecule has 158 valence electrons. The number of sulfonamides is 1. The molecule has 0 bridgehead atoms. The van der Waals surface area contributed by atoms with Crippen LogP contribution in [0.2, 0.25) is 5.15 Å². The summed E-state index contributed by atoms with van der Waals surface area (Å²) in [7, 11) is -3.39. The highest BCUT2D eigenvalue weighted by Crippen LogP contribution is 2.16. The molecule has 1 fully saturated rings. The van der Waals surface area contributed by atoms with Crippen LogP contribution < -0.4 is 0 Å². The number of aromatic nitrogens is 2. The maximum atomic E-state index is 12.8. The summed E-state index contributed by atoms with van der Waals surface area (Å²) < 4.78 is 32.0. The first kappa shape index (κ1) is 21.7. The third-order valence-electron chi connectivity index (χ3n) is 4.92. The van der Waals surface area contributed by atoms with Gasteiger partial charge in [0.1, 0.15) is 5.76 Å². The number of nitrogens with zero attached hydrogens (tertiary/aromatic N) is 4. The van der Waals surface area contributed by atoms with Crippen molar-refractivity contribution in [3.05, 3.63) is 47.1 Å². The van der Waals surface area contributed by atoms with Gasteiger partial charge in [-0.2, -0.15) is 0 Å². The zero-order valence-electron chi connectivity index (χ0n) is 16.2. The number of carbonyl (C=O) groups is 1. The van der Waals surface area contributed by atoms with E-state index in [4.69, 9.17) is 16.1 Å². The summed E-state index contributed by atoms with van der Waals surface area (Å²) in [6.45, 7) is 1.59. The molecule has 0 aromatic carbocycles. The van der Waals surface area contributed by atoms with Crippen molar-refractivity contribution in [3.8, 4) is 0 Å². The van der Waals surface area contributed by atoms with Crippen molar-refractivity contribution in [2.75, 3.05) is 25.4 Å². The van der Waals surface area contributed by atoms with E-state index < -0.39 is 10.0 Å². The maximum Gasteiger partial charge on any atom is 0.223 e. The fourth-order valence-corrected chi connectivity index (χ4v) is 4.97. The predicted octanol–water partition coefficient (Wildman–Crippen LogP) is 2.50. The monoisotopic (exact) mass is 440 g/mol. The number of pyridine rings is 1. The highest BCUT2D eigenvalue weighted by molar-refractivity contribution is 7.89. The molecular weight excluding hydrogens is 416 g/mol. The van der Waals surface area contributed by atoms with Crippen molar-refractivity contribution in [2.24, 2.45) is 0 Å². The van der Waals surface area contributed by atoms with E-state index in [0.29, 0.717) is 31.8 Å². The van der Waals surface area contributed by atoms with Crippen LogP contribution in [-0.2, 0) is 27.8 Å². The van der Waals surface area contributed by atoms with Gasteiger partial charge in [0, 0.05) is 57.5 Å². The molecular formula is C19H25ClN4O4S. The third-order valence-corrected chi connectivity index (χ3v) is 6.95. The van der Waals surface area contributed by atoms with E-state index in [-0.39, 0.29) is 29.8 Å². The Morgan fingerprint density at radius 3 is 2.59 bits per heavy atom. The van der Waals surface area contributed by atoms with Crippen molar-refractivity contribution in [1.29, 1.82) is 0 Å². The Hall–Kier alpha value is -1.97. The summed E-state index contributed by atoms with van der Waals surface area (Å²) in [5.41, 5.74) is 0.895. The van der Waals surface area contributed by atoms with Crippen LogP contribution in [0.25, 0.3) is 0 Å². The van der Waals surface area contributed by atoms with E-state index in [9.17, 15) is 13.2 Å². The van der Waals surface area contributed by atoms with E-state index >= 15 is 0 Å². The van der Waals surface area contributed by atoms with Gasteiger partial charge in [-0.05, 0) is 30.5 Å². The van der Waals surface area contributed by atoms with Crippen molar-refractivity contribution < 1.29 is 17.7 Å². The van der Waals surface area contributed by atoms with Crippen LogP contribution in [0.15, 0.2) is 35.1 Å². The molecule has 2 aromatic heterocycles. The van der Waals surface area contributed by atoms with Gasteiger partial charge < -0.3 is 9.42 Å². The summed E-state index contributed by atoms with van der Waals surface area (Å²) in [5, 5.41) is 3.85. The second-order valence-electron chi connectivity index (χ2n) is 7.06. The normalized spacial score (nSPS) is 15.3. The van der Waals surface area contributed by atoms with Gasteiger partial charge in [-0.1, -0.05) is 23.2 Å². The number of halogens is 1. The van der Waals surface area contributed by atoms with Gasteiger partial charge in [0.15, 0.2) is 5.15 Å². The van der Waals surface area contributed by atoms with Gasteiger partial charge >= 0.3 is 0 Å². The minimum atomic E-state index is -3.39. The lowest BCUT2D eigenvalue weighted by molar-refractivity contribution is -0.131. The van der Waals surface area contributed by atoms with Gasteiger partial charge in [-0.3, -0.25) is 9.78 Å². The van der Waals surface area contributed by atoms with Gasteiger partial charge in [0.2, 0.25) is 15.9 Å². The Morgan fingerprint density at radius 1 is 1.21 bits per heavy atom. The first-order valence-electron chi connectivity index (χ1n) is 9.69. The second kappa shape index (κ2) is 10.2. The molecule has 2 aromatic rings. The number of carbonyl (C=O) groups excluding carboxylic acids is 1. The van der Waals surface area contributed by atoms with Crippen LogP contribution in [0.3, 0.4) is 0 Å². The number of amides is 1. The molecule has 3 rings (SSSR count). The lowest BCUT2D eigenvalue weighted by Crippen LogP contribution is -2.41. The Labute approximate surface area is 175 Å². The smallest absolute Gasteiger partial charge is 0.223 e. The molecule has 1 aliphatic rings. The molecule has 0 spiro atoms. The van der Waals surface area contributed by atoms with Gasteiger partial charge in [-0.15, -0.1) is 0 Å². The number of hydrogen-bond acceptors (Lipinski definition) is 6. The average Bonchev–Trinajstić information content (AvgIpc) is 3.16. The SMILES string of the molecule is O=C(CCc1cc(Cl)no1)N(CCS(=O)(=O)N1CCCCC1)Cc1ccncc1. The van der Waals surface area contributed by atoms with E-state index in [1.165, 1.54) is 0 Å². The van der Waals surface area contributed by atoms with E-state index in [1.54, 1.807) is 27.7 Å². The minimum absolute atomic E-state index is 0.0854. The molecule has 0 N–H and O–H groups in total. The molecule has 0 radical (unpaired) electrons. The molecule has 0 unspecified atom stereocenters. The first-order valence-corrected chi connectivity index (χ1v) is 11.7. The minimum Gasteiger partial charge on any atom is -0.360 e. The highest BCUT2D eigenvalue weighted by Gasteiger charge is 2.25. The fraction of sp³-hybridized carbons (Fsp3) is 0.526. The quantitative estimate of drug-likeness (QED) is 0.594. The van der Waals surface area contributed by atoms with Crippen LogP contribution in [0.1, 0.15) is 37.0 Å². The highest BCUT2D eigenvalue weighted by atomic mass is 35.5. The summed E-state index contributed by atoms with van der Waals surface area (Å²) in [4.78, 5) is 18.4. The van der Waals surface area contributed by atoms with Gasteiger partial charge in [0.25, 0.3) is 0 Å². The van der Waals surface area contributed by atoms with Gasteiger partial charge in [-0.25, -0.2) is 12.7 Å². The number of piperidine rings is 1. The van der Waals surface area contributed by atoms with Crippen molar-refractivity contribution >= 4 is 27.5 Å². The van der Waals surface area contributed by atoms with Crippen molar-refractivity contribution in [3.63, 3.8) is 0 Å². The molecule has 3 heterocycles. The molecule has 1 amide bonds. The van der Waals surface area contributed by atoms with Crippen molar-refractivity contribution in [1.82, 2.24) is 19.3 Å². The molecule has 0 atom stereocenters. The van der Waals surface area contributed by atoms with Crippen LogP contribution in [-0.4, -0.2) is 59.1 Å². The van der Waals surface area contributed by atoms with E-state index in [0.717, 1.165) is 24.8 Å². The summed E-state index contributed by atoms with van der Waals surface area (Å²) in [5.74, 6) is 0.286. The molecule has 8 nitrogen and oxygen atoms in total. The average molecular weight is 441 g/mol. The summed E-state index contributed by atoms with van der Waals surface area (Å²) >= 11 is 5.74. The van der Waals surface area contributed by atoms with Crippen LogP contribution in [0, 0.1) is 0 Å². The molecule has 0 saturated carbocycles. The summed E-state index contributed by atoms with van der Waals surface area (Å²) in [6.07, 6.45) is 6.67. The van der Waals surface area contributed by atoms with E-state index in [1.807, 2.05) is 12.1 Å². The predicted molar refractivity (Wildman–Crippen MR) is 109 cm³/mol. The Balaban J connectivity index is 1.64. The van der Waals surface area contributed by atoms with Gasteiger partial charge in [0.05, 0.1) is 5.75 Å². The van der Waals surface area contributed by atoms with Crippen LogP contribution in [0.5, 0.6) is 0 Å². The Kier molecular flexibility index (Phi) is 7.63. The maximum absolute atomic E-state index is 12.8. The standard InChI is InChI=1S/C19H25ClN4O4S/c20-18-14-17(28-22-18)4-5-19(25)23(15-16-6-8-21-9-7-16)12-13-29(26,27)24-10-2-1-3-11-24/h6-9,14H,1-5,10-13,15H2.